The fraction of sp³-hybridized carbons (Fsp3) is 0.667. The molecule has 0 radical (unpaired) electrons. The quantitative estimate of drug-likeness (QED) is 0.893. The van der Waals surface area contributed by atoms with Crippen LogP contribution in [0.5, 0.6) is 5.75 Å². The maximum atomic E-state index is 6.71. The van der Waals surface area contributed by atoms with Gasteiger partial charge in [0.2, 0.25) is 0 Å². The van der Waals surface area contributed by atoms with Crippen molar-refractivity contribution in [3.05, 3.63) is 28.8 Å². The van der Waals surface area contributed by atoms with Crippen LogP contribution in [0.15, 0.2) is 12.1 Å². The summed E-state index contributed by atoms with van der Waals surface area (Å²) in [6.45, 7) is 8.93. The van der Waals surface area contributed by atoms with Gasteiger partial charge < -0.3 is 10.5 Å². The summed E-state index contributed by atoms with van der Waals surface area (Å²) in [5.41, 5.74) is 10.5. The van der Waals surface area contributed by atoms with Crippen molar-refractivity contribution in [1.82, 2.24) is 0 Å². The van der Waals surface area contributed by atoms with E-state index in [4.69, 9.17) is 10.5 Å². The minimum Gasteiger partial charge on any atom is -0.496 e. The Balaban J connectivity index is 2.66. The fourth-order valence-electron chi connectivity index (χ4n) is 3.31. The van der Waals surface area contributed by atoms with Crippen LogP contribution < -0.4 is 10.5 Å². The van der Waals surface area contributed by atoms with Crippen molar-refractivity contribution in [2.24, 2.45) is 5.73 Å². The number of nitrogens with two attached hydrogens (primary N) is 1. The third-order valence-corrected chi connectivity index (χ3v) is 4.60. The molecule has 0 aromatic heterocycles. The molecule has 2 N–H and O–H groups in total. The molecule has 0 aliphatic heterocycles. The minimum absolute atomic E-state index is 0.0697. The molecule has 1 saturated carbocycles. The second-order valence-corrected chi connectivity index (χ2v) is 7.19. The summed E-state index contributed by atoms with van der Waals surface area (Å²) in [5, 5.41) is 0. The van der Waals surface area contributed by atoms with Crippen LogP contribution >= 0.6 is 0 Å². The monoisotopic (exact) mass is 275 g/mol. The van der Waals surface area contributed by atoms with Gasteiger partial charge in [-0.3, -0.25) is 0 Å². The molecule has 1 fully saturated rings. The number of hydrogen-bond donors (Lipinski definition) is 1. The fourth-order valence-corrected chi connectivity index (χ4v) is 3.31. The van der Waals surface area contributed by atoms with E-state index in [1.165, 1.54) is 29.5 Å². The predicted molar refractivity (Wildman–Crippen MR) is 85.4 cm³/mol. The molecule has 1 aromatic rings. The first-order chi connectivity index (χ1) is 9.31. The highest BCUT2D eigenvalue weighted by Crippen LogP contribution is 2.45. The van der Waals surface area contributed by atoms with E-state index in [0.29, 0.717) is 0 Å². The predicted octanol–water partition coefficient (Wildman–Crippen LogP) is 4.28. The molecule has 2 heteroatoms. The lowest BCUT2D eigenvalue weighted by atomic mass is 9.79. The van der Waals surface area contributed by atoms with Crippen LogP contribution in [0, 0.1) is 0 Å². The van der Waals surface area contributed by atoms with Gasteiger partial charge in [-0.05, 0) is 30.2 Å². The van der Waals surface area contributed by atoms with Crippen molar-refractivity contribution in [3.63, 3.8) is 0 Å². The molecular weight excluding hydrogens is 246 g/mol. The molecule has 0 bridgehead atoms. The molecule has 2 rings (SSSR count). The molecule has 112 valence electrons. The summed E-state index contributed by atoms with van der Waals surface area (Å²) >= 11 is 0. The Morgan fingerprint density at radius 1 is 1.20 bits per heavy atom. The number of benzene rings is 1. The van der Waals surface area contributed by atoms with Gasteiger partial charge in [0.25, 0.3) is 0 Å². The zero-order valence-electron chi connectivity index (χ0n) is 13.7. The van der Waals surface area contributed by atoms with Crippen molar-refractivity contribution in [2.45, 2.75) is 70.8 Å². The van der Waals surface area contributed by atoms with Crippen LogP contribution in [0.2, 0.25) is 0 Å². The molecule has 1 aromatic carbocycles. The Hall–Kier alpha value is -1.02. The van der Waals surface area contributed by atoms with E-state index < -0.39 is 0 Å². The standard InChI is InChI=1S/C18H29NO/c1-6-13-11-14(17(2,3)4)16(20-5)15(12-13)18(19)9-7-8-10-18/h11-12H,6-10,19H2,1-5H3. The summed E-state index contributed by atoms with van der Waals surface area (Å²) < 4.78 is 5.80. The van der Waals surface area contributed by atoms with Crippen LogP contribution in [0.1, 0.15) is 70.1 Å². The van der Waals surface area contributed by atoms with Crippen molar-refractivity contribution in [2.75, 3.05) is 7.11 Å². The first-order valence-electron chi connectivity index (χ1n) is 7.82. The summed E-state index contributed by atoms with van der Waals surface area (Å²) in [5.74, 6) is 1.01. The van der Waals surface area contributed by atoms with Gasteiger partial charge in [-0.15, -0.1) is 0 Å². The van der Waals surface area contributed by atoms with Crippen molar-refractivity contribution >= 4 is 0 Å². The number of aryl methyl sites for hydroxylation is 1. The maximum absolute atomic E-state index is 6.71. The van der Waals surface area contributed by atoms with Gasteiger partial charge in [-0.25, -0.2) is 0 Å². The summed E-state index contributed by atoms with van der Waals surface area (Å²) in [6, 6.07) is 4.57. The number of rotatable bonds is 3. The molecule has 20 heavy (non-hydrogen) atoms. The van der Waals surface area contributed by atoms with E-state index in [9.17, 15) is 0 Å². The van der Waals surface area contributed by atoms with Crippen molar-refractivity contribution < 1.29 is 4.74 Å². The molecule has 0 heterocycles. The lowest BCUT2D eigenvalue weighted by Gasteiger charge is -2.31. The van der Waals surface area contributed by atoms with Crippen LogP contribution in [-0.4, -0.2) is 7.11 Å². The second kappa shape index (κ2) is 5.40. The van der Waals surface area contributed by atoms with Crippen molar-refractivity contribution in [3.8, 4) is 5.75 Å². The Bertz CT molecular complexity index is 479. The first kappa shape index (κ1) is 15.4. The van der Waals surface area contributed by atoms with E-state index in [1.807, 2.05) is 0 Å². The van der Waals surface area contributed by atoms with Gasteiger partial charge >= 0.3 is 0 Å². The molecular formula is C18H29NO. The molecule has 2 nitrogen and oxygen atoms in total. The smallest absolute Gasteiger partial charge is 0.127 e. The second-order valence-electron chi connectivity index (χ2n) is 7.19. The van der Waals surface area contributed by atoms with Gasteiger partial charge in [0.05, 0.1) is 7.11 Å². The van der Waals surface area contributed by atoms with E-state index in [0.717, 1.165) is 25.0 Å². The molecule has 0 atom stereocenters. The SMILES string of the molecule is CCc1cc(C(C)(C)C)c(OC)c(C2(N)CCCC2)c1. The Labute approximate surface area is 123 Å². The van der Waals surface area contributed by atoms with E-state index >= 15 is 0 Å². The Morgan fingerprint density at radius 3 is 2.25 bits per heavy atom. The molecule has 0 unspecified atom stereocenters. The average molecular weight is 275 g/mol. The number of ether oxygens (including phenoxy) is 1. The minimum atomic E-state index is -0.198. The van der Waals surface area contributed by atoms with Crippen LogP contribution in [0.3, 0.4) is 0 Å². The van der Waals surface area contributed by atoms with Gasteiger partial charge in [-0.1, -0.05) is 52.7 Å². The Morgan fingerprint density at radius 2 is 1.80 bits per heavy atom. The first-order valence-corrected chi connectivity index (χ1v) is 7.82. The summed E-state index contributed by atoms with van der Waals surface area (Å²) in [7, 11) is 1.78. The Kier molecular flexibility index (Phi) is 4.15. The number of methoxy groups -OCH3 is 1. The highest BCUT2D eigenvalue weighted by Gasteiger charge is 2.36. The van der Waals surface area contributed by atoms with Crippen molar-refractivity contribution in [1.29, 1.82) is 0 Å². The van der Waals surface area contributed by atoms with Gasteiger partial charge in [-0.2, -0.15) is 0 Å². The highest BCUT2D eigenvalue weighted by molar-refractivity contribution is 5.51. The molecule has 1 aliphatic carbocycles. The third-order valence-electron chi connectivity index (χ3n) is 4.60. The average Bonchev–Trinajstić information content (AvgIpc) is 2.84. The highest BCUT2D eigenvalue weighted by atomic mass is 16.5. The number of hydrogen-bond acceptors (Lipinski definition) is 2. The third kappa shape index (κ3) is 2.71. The summed E-state index contributed by atoms with van der Waals surface area (Å²) in [6.07, 6.45) is 5.62. The molecule has 0 amide bonds. The zero-order valence-corrected chi connectivity index (χ0v) is 13.7. The van der Waals surface area contributed by atoms with E-state index in [2.05, 4.69) is 39.8 Å². The van der Waals surface area contributed by atoms with Crippen LogP contribution in [-0.2, 0) is 17.4 Å². The van der Waals surface area contributed by atoms with Crippen LogP contribution in [0.25, 0.3) is 0 Å². The van der Waals surface area contributed by atoms with Gasteiger partial charge in [0, 0.05) is 16.7 Å². The van der Waals surface area contributed by atoms with E-state index in [-0.39, 0.29) is 11.0 Å². The van der Waals surface area contributed by atoms with E-state index in [1.54, 1.807) is 7.11 Å². The largest absolute Gasteiger partial charge is 0.496 e. The maximum Gasteiger partial charge on any atom is 0.127 e. The summed E-state index contributed by atoms with van der Waals surface area (Å²) in [4.78, 5) is 0. The van der Waals surface area contributed by atoms with Gasteiger partial charge in [0.15, 0.2) is 0 Å². The van der Waals surface area contributed by atoms with Crippen LogP contribution in [0.4, 0.5) is 0 Å². The molecule has 0 saturated heterocycles. The van der Waals surface area contributed by atoms with Gasteiger partial charge in [0.1, 0.15) is 5.75 Å². The zero-order chi connectivity index (χ0) is 15.0. The normalized spacial score (nSPS) is 18.3. The molecule has 0 spiro atoms. The molecule has 1 aliphatic rings. The lowest BCUT2D eigenvalue weighted by molar-refractivity contribution is 0.366. The topological polar surface area (TPSA) is 35.2 Å². The lowest BCUT2D eigenvalue weighted by Crippen LogP contribution is -2.34.